The average Bonchev–Trinajstić information content (AvgIpc) is 3.50. The van der Waals surface area contributed by atoms with Gasteiger partial charge in [-0.3, -0.25) is 14.5 Å². The minimum Gasteiger partial charge on any atom is -0.398 e. The molecule has 4 aromatic rings. The van der Waals surface area contributed by atoms with E-state index in [-0.39, 0.29) is 11.8 Å². The van der Waals surface area contributed by atoms with Gasteiger partial charge in [-0.1, -0.05) is 52.4 Å². The number of hydrogen-bond acceptors (Lipinski definition) is 5. The first-order valence-electron chi connectivity index (χ1n) is 11.5. The van der Waals surface area contributed by atoms with Gasteiger partial charge in [-0.15, -0.1) is 5.10 Å². The lowest BCUT2D eigenvalue weighted by atomic mass is 10.2. The summed E-state index contributed by atoms with van der Waals surface area (Å²) in [5, 5.41) is 7.64. The second kappa shape index (κ2) is 14.0. The molecule has 3 aromatic carbocycles. The van der Waals surface area contributed by atoms with Crippen LogP contribution in [0.3, 0.4) is 0 Å². The van der Waals surface area contributed by atoms with Gasteiger partial charge in [0.25, 0.3) is 0 Å². The van der Waals surface area contributed by atoms with Crippen LogP contribution in [0.5, 0.6) is 0 Å². The summed E-state index contributed by atoms with van der Waals surface area (Å²) in [5.41, 5.74) is 3.52. The SMILES string of the molecule is CN1C(=O)CCC1=O.COn1nnc2ccccc21.Cc1c(F)c(F)c(F)c(F)c1F.Cc1ccc(C)cc1. The molecule has 1 fully saturated rings. The number of hydrogen-bond donors (Lipinski definition) is 0. The Balaban J connectivity index is 0.000000185. The normalized spacial score (nSPS) is 12.2. The summed E-state index contributed by atoms with van der Waals surface area (Å²) in [6.45, 7) is 5.01. The summed E-state index contributed by atoms with van der Waals surface area (Å²) in [7, 11) is 3.07. The van der Waals surface area contributed by atoms with Crippen molar-refractivity contribution in [2.24, 2.45) is 0 Å². The number of likely N-dealkylation sites (tertiary alicyclic amines) is 1. The monoisotopic (exact) mass is 550 g/mol. The Morgan fingerprint density at radius 1 is 0.718 bits per heavy atom. The Morgan fingerprint density at radius 3 is 1.56 bits per heavy atom. The van der Waals surface area contributed by atoms with Crippen molar-refractivity contribution in [3.8, 4) is 0 Å². The van der Waals surface area contributed by atoms with E-state index in [1.54, 1.807) is 7.11 Å². The molecule has 5 rings (SSSR count). The number of benzene rings is 3. The van der Waals surface area contributed by atoms with Crippen LogP contribution in [0.2, 0.25) is 0 Å². The maximum atomic E-state index is 12.4. The highest BCUT2D eigenvalue weighted by molar-refractivity contribution is 6.01. The number of carbonyl (C=O) groups excluding carboxylic acids is 2. The summed E-state index contributed by atoms with van der Waals surface area (Å²) in [5.74, 6) is -9.64. The number of aromatic nitrogens is 3. The van der Waals surface area contributed by atoms with Gasteiger partial charge in [0.1, 0.15) is 18.1 Å². The third kappa shape index (κ3) is 8.06. The quantitative estimate of drug-likeness (QED) is 0.140. The molecule has 0 atom stereocenters. The summed E-state index contributed by atoms with van der Waals surface area (Å²) < 4.78 is 61.6. The van der Waals surface area contributed by atoms with E-state index in [0.29, 0.717) is 12.8 Å². The lowest BCUT2D eigenvalue weighted by Gasteiger charge is -2.02. The third-order valence-corrected chi connectivity index (χ3v) is 5.44. The molecule has 2 heterocycles. The first-order valence-corrected chi connectivity index (χ1v) is 11.5. The summed E-state index contributed by atoms with van der Waals surface area (Å²) in [6.07, 6.45) is 0.796. The molecule has 1 aliphatic heterocycles. The van der Waals surface area contributed by atoms with Crippen LogP contribution in [0.1, 0.15) is 29.5 Å². The van der Waals surface area contributed by atoms with E-state index >= 15 is 0 Å². The average molecular weight is 551 g/mol. The number of aryl methyl sites for hydroxylation is 2. The van der Waals surface area contributed by atoms with Gasteiger partial charge in [0.2, 0.25) is 17.6 Å². The molecule has 2 amide bonds. The van der Waals surface area contributed by atoms with E-state index in [9.17, 15) is 31.5 Å². The van der Waals surface area contributed by atoms with E-state index in [4.69, 9.17) is 4.84 Å². The minimum absolute atomic E-state index is 0.0602. The zero-order valence-corrected chi connectivity index (χ0v) is 21.9. The van der Waals surface area contributed by atoms with Gasteiger partial charge in [0, 0.05) is 25.5 Å². The molecule has 1 aromatic heterocycles. The van der Waals surface area contributed by atoms with Crippen molar-refractivity contribution in [1.29, 1.82) is 0 Å². The number of para-hydroxylation sites is 1. The Labute approximate surface area is 221 Å². The summed E-state index contributed by atoms with van der Waals surface area (Å²) in [6, 6.07) is 16.1. The predicted molar refractivity (Wildman–Crippen MR) is 134 cm³/mol. The highest BCUT2D eigenvalue weighted by Crippen LogP contribution is 2.21. The van der Waals surface area contributed by atoms with E-state index in [1.807, 2.05) is 24.3 Å². The van der Waals surface area contributed by atoms with Crippen molar-refractivity contribution in [2.75, 3.05) is 14.2 Å². The molecule has 39 heavy (non-hydrogen) atoms. The molecule has 0 bridgehead atoms. The van der Waals surface area contributed by atoms with E-state index < -0.39 is 34.6 Å². The summed E-state index contributed by atoms with van der Waals surface area (Å²) >= 11 is 0. The van der Waals surface area contributed by atoms with Gasteiger partial charge in [-0.25, -0.2) is 22.0 Å². The van der Waals surface area contributed by atoms with E-state index in [2.05, 4.69) is 48.4 Å². The Hall–Kier alpha value is -4.35. The zero-order valence-electron chi connectivity index (χ0n) is 21.9. The lowest BCUT2D eigenvalue weighted by molar-refractivity contribution is -0.136. The number of rotatable bonds is 1. The Bertz CT molecular complexity index is 1300. The fraction of sp³-hybridized carbons (Fsp3) is 0.259. The zero-order chi connectivity index (χ0) is 29.3. The fourth-order valence-corrected chi connectivity index (χ4v) is 3.02. The van der Waals surface area contributed by atoms with Crippen molar-refractivity contribution >= 4 is 22.8 Å². The van der Waals surface area contributed by atoms with Gasteiger partial charge in [0.05, 0.1) is 0 Å². The van der Waals surface area contributed by atoms with Crippen LogP contribution in [0.15, 0.2) is 48.5 Å². The highest BCUT2D eigenvalue weighted by atomic mass is 19.2. The topological polar surface area (TPSA) is 77.3 Å². The van der Waals surface area contributed by atoms with Gasteiger partial charge in [-0.2, -0.15) is 0 Å². The van der Waals surface area contributed by atoms with Gasteiger partial charge in [0.15, 0.2) is 23.3 Å². The van der Waals surface area contributed by atoms with Crippen LogP contribution in [0.4, 0.5) is 22.0 Å². The second-order valence-corrected chi connectivity index (χ2v) is 8.33. The molecule has 0 saturated carbocycles. The fourth-order valence-electron chi connectivity index (χ4n) is 3.02. The molecule has 0 spiro atoms. The van der Waals surface area contributed by atoms with Gasteiger partial charge in [-0.05, 0) is 38.1 Å². The molecule has 1 saturated heterocycles. The summed E-state index contributed by atoms with van der Waals surface area (Å²) in [4.78, 5) is 28.4. The van der Waals surface area contributed by atoms with Crippen molar-refractivity contribution < 1.29 is 36.4 Å². The molecule has 12 heteroatoms. The maximum Gasteiger partial charge on any atom is 0.229 e. The number of imide groups is 1. The molecule has 0 unspecified atom stereocenters. The van der Waals surface area contributed by atoms with Crippen LogP contribution in [-0.4, -0.2) is 46.0 Å². The molecule has 0 N–H and O–H groups in total. The molecule has 0 radical (unpaired) electrons. The molecular weight excluding hydrogens is 523 g/mol. The number of amides is 2. The maximum absolute atomic E-state index is 12.4. The molecule has 7 nitrogen and oxygen atoms in total. The van der Waals surface area contributed by atoms with Crippen molar-refractivity contribution in [2.45, 2.75) is 33.6 Å². The molecule has 208 valence electrons. The molecular formula is C27H27F5N4O3. The Morgan fingerprint density at radius 2 is 1.15 bits per heavy atom. The van der Waals surface area contributed by atoms with Crippen LogP contribution in [0.25, 0.3) is 11.0 Å². The standard InChI is InChI=1S/C8H10.C7H3F5.C7H7N3O.C5H7NO2/c1-7-3-5-8(2)6-4-7;1-2-3(8)5(10)7(12)6(11)4(2)9;1-11-10-7-5-3-2-4-6(7)8-9-10;1-6-4(7)2-3-5(6)8/h3-6H,1-2H3;1H3;2-5H,1H3;2-3H2,1H3. The highest BCUT2D eigenvalue weighted by Gasteiger charge is 2.24. The number of halogens is 5. The number of fused-ring (bicyclic) bond motifs is 1. The van der Waals surface area contributed by atoms with Crippen LogP contribution in [-0.2, 0) is 9.59 Å². The minimum atomic E-state index is -2.13. The van der Waals surface area contributed by atoms with Crippen molar-refractivity contribution in [1.82, 2.24) is 20.1 Å². The van der Waals surface area contributed by atoms with E-state index in [1.165, 1.54) is 27.9 Å². The first kappa shape index (κ1) is 30.9. The number of carbonyl (C=O) groups is 2. The molecule has 1 aliphatic rings. The first-order chi connectivity index (χ1) is 18.4. The predicted octanol–water partition coefficient (Wildman–Crippen LogP) is 5.25. The van der Waals surface area contributed by atoms with Crippen molar-refractivity contribution in [3.05, 3.63) is 94.3 Å². The Kier molecular flexibility index (Phi) is 11.1. The van der Waals surface area contributed by atoms with Crippen LogP contribution < -0.4 is 4.84 Å². The second-order valence-electron chi connectivity index (χ2n) is 8.33. The van der Waals surface area contributed by atoms with Gasteiger partial charge < -0.3 is 4.84 Å². The van der Waals surface area contributed by atoms with Crippen LogP contribution in [0, 0.1) is 49.9 Å². The van der Waals surface area contributed by atoms with Crippen molar-refractivity contribution in [3.63, 3.8) is 0 Å². The van der Waals surface area contributed by atoms with E-state index in [0.717, 1.165) is 18.0 Å². The number of nitrogens with zero attached hydrogens (tertiary/aromatic N) is 4. The largest absolute Gasteiger partial charge is 0.398 e. The smallest absolute Gasteiger partial charge is 0.229 e. The van der Waals surface area contributed by atoms with Crippen LogP contribution >= 0.6 is 0 Å². The third-order valence-electron chi connectivity index (χ3n) is 5.44. The lowest BCUT2D eigenvalue weighted by Crippen LogP contribution is -2.23. The molecule has 0 aliphatic carbocycles. The van der Waals surface area contributed by atoms with Gasteiger partial charge >= 0.3 is 0 Å².